The highest BCUT2D eigenvalue weighted by atomic mass is 35.5. The molecule has 16 heavy (non-hydrogen) atoms. The fraction of sp³-hybridized carbons (Fsp3) is 1.00. The smallest absolute Gasteiger partial charge is 0.322 e. The lowest BCUT2D eigenvalue weighted by atomic mass is 9.99. The molecule has 0 bridgehead atoms. The third-order valence-corrected chi connectivity index (χ3v) is 2.32. The van der Waals surface area contributed by atoms with Gasteiger partial charge in [0.1, 0.15) is 0 Å². The van der Waals surface area contributed by atoms with Gasteiger partial charge in [-0.15, -0.1) is 12.4 Å². The molecule has 0 aromatic rings. The summed E-state index contributed by atoms with van der Waals surface area (Å²) in [6.07, 6.45) is -5.97. The second-order valence-electron chi connectivity index (χ2n) is 3.56. The Kier molecular flexibility index (Phi) is 4.15. The van der Waals surface area contributed by atoms with Crippen LogP contribution in [0.5, 0.6) is 0 Å². The monoisotopic (exact) mass is 275 g/mol. The molecular weight excluding hydrogens is 267 g/mol. The van der Waals surface area contributed by atoms with Crippen LogP contribution >= 0.6 is 12.4 Å². The fourth-order valence-electron chi connectivity index (χ4n) is 1.15. The van der Waals surface area contributed by atoms with Crippen LogP contribution < -0.4 is 5.73 Å². The third kappa shape index (κ3) is 2.37. The fourth-order valence-corrected chi connectivity index (χ4v) is 1.15. The molecule has 1 atom stereocenters. The average molecular weight is 276 g/mol. The van der Waals surface area contributed by atoms with Crippen LogP contribution in [0.2, 0.25) is 0 Å². The van der Waals surface area contributed by atoms with Gasteiger partial charge in [0.25, 0.3) is 0 Å². The van der Waals surface area contributed by atoms with Crippen molar-refractivity contribution >= 4 is 12.4 Å². The van der Waals surface area contributed by atoms with E-state index in [2.05, 4.69) is 0 Å². The van der Waals surface area contributed by atoms with Gasteiger partial charge in [0.05, 0.1) is 6.04 Å². The number of halogens is 8. The van der Waals surface area contributed by atoms with Crippen LogP contribution in [0.3, 0.4) is 0 Å². The molecule has 1 aliphatic rings. The van der Waals surface area contributed by atoms with Crippen LogP contribution in [-0.2, 0) is 0 Å². The Morgan fingerprint density at radius 1 is 0.938 bits per heavy atom. The highest BCUT2D eigenvalue weighted by Crippen LogP contribution is 2.51. The molecule has 0 heterocycles. The quantitative estimate of drug-likeness (QED) is 0.787. The van der Waals surface area contributed by atoms with Gasteiger partial charge in [-0.05, 0) is 18.8 Å². The first-order valence-corrected chi connectivity index (χ1v) is 4.09. The van der Waals surface area contributed by atoms with Crippen LogP contribution in [0.4, 0.5) is 30.7 Å². The van der Waals surface area contributed by atoms with Crippen molar-refractivity contribution < 1.29 is 30.7 Å². The lowest BCUT2D eigenvalue weighted by molar-refractivity contribution is -0.359. The van der Waals surface area contributed by atoms with Crippen LogP contribution in [0, 0.1) is 5.92 Å². The van der Waals surface area contributed by atoms with E-state index < -0.39 is 30.0 Å². The lowest BCUT2D eigenvalue weighted by Crippen LogP contribution is -2.61. The van der Waals surface area contributed by atoms with E-state index in [-0.39, 0.29) is 25.2 Å². The van der Waals surface area contributed by atoms with E-state index in [0.717, 1.165) is 0 Å². The Morgan fingerprint density at radius 2 is 1.31 bits per heavy atom. The van der Waals surface area contributed by atoms with Crippen molar-refractivity contribution in [2.45, 2.75) is 36.9 Å². The molecule has 0 aromatic carbocycles. The molecule has 0 radical (unpaired) electrons. The summed E-state index contributed by atoms with van der Waals surface area (Å²) >= 11 is 0. The van der Waals surface area contributed by atoms with E-state index in [1.165, 1.54) is 0 Å². The molecule has 0 amide bonds. The summed E-state index contributed by atoms with van der Waals surface area (Å²) in [4.78, 5) is 0. The van der Waals surface area contributed by atoms with E-state index >= 15 is 0 Å². The zero-order valence-electron chi connectivity index (χ0n) is 7.70. The predicted molar refractivity (Wildman–Crippen MR) is 43.9 cm³/mol. The molecular formula is C7H9ClF7N. The predicted octanol–water partition coefficient (Wildman–Crippen LogP) is 2.98. The van der Waals surface area contributed by atoms with E-state index in [9.17, 15) is 30.7 Å². The number of hydrogen-bond acceptors (Lipinski definition) is 1. The van der Waals surface area contributed by atoms with E-state index in [1.807, 2.05) is 0 Å². The van der Waals surface area contributed by atoms with Gasteiger partial charge >= 0.3 is 18.0 Å². The molecule has 0 saturated heterocycles. The van der Waals surface area contributed by atoms with Gasteiger partial charge in [-0.3, -0.25) is 0 Å². The van der Waals surface area contributed by atoms with E-state index in [4.69, 9.17) is 5.73 Å². The minimum Gasteiger partial charge on any atom is -0.322 e. The summed E-state index contributed by atoms with van der Waals surface area (Å²) < 4.78 is 85.4. The molecule has 0 spiro atoms. The second-order valence-corrected chi connectivity index (χ2v) is 3.56. The minimum absolute atomic E-state index is 0. The highest BCUT2D eigenvalue weighted by Gasteiger charge is 2.75. The number of hydrogen-bond donors (Lipinski definition) is 1. The maximum Gasteiger partial charge on any atom is 0.459 e. The maximum atomic E-state index is 12.8. The van der Waals surface area contributed by atoms with Crippen LogP contribution in [0.25, 0.3) is 0 Å². The van der Waals surface area contributed by atoms with Crippen molar-refractivity contribution in [1.82, 2.24) is 0 Å². The average Bonchev–Trinajstić information content (AvgIpc) is 2.82. The Hall–Kier alpha value is -0.240. The Balaban J connectivity index is 0.00000225. The van der Waals surface area contributed by atoms with Gasteiger partial charge in [-0.2, -0.15) is 30.7 Å². The van der Waals surface area contributed by atoms with E-state index in [0.29, 0.717) is 0 Å². The van der Waals surface area contributed by atoms with Crippen molar-refractivity contribution in [3.05, 3.63) is 0 Å². The Morgan fingerprint density at radius 3 is 1.56 bits per heavy atom. The number of rotatable bonds is 3. The molecule has 1 rings (SSSR count). The standard InChI is InChI=1S/C7H8F7N.ClH/c8-5(9,4(15)3-1-2-3)6(10,11)7(12,13)14;/h3-4H,1-2,15H2;1H/t4-;/m1./s1. The van der Waals surface area contributed by atoms with Crippen molar-refractivity contribution in [2.24, 2.45) is 11.7 Å². The lowest BCUT2D eigenvalue weighted by Gasteiger charge is -2.32. The zero-order chi connectivity index (χ0) is 12.1. The van der Waals surface area contributed by atoms with Gasteiger partial charge in [-0.1, -0.05) is 0 Å². The first-order valence-electron chi connectivity index (χ1n) is 4.09. The van der Waals surface area contributed by atoms with Crippen molar-refractivity contribution in [3.8, 4) is 0 Å². The minimum atomic E-state index is -6.29. The van der Waals surface area contributed by atoms with Crippen LogP contribution in [0.15, 0.2) is 0 Å². The van der Waals surface area contributed by atoms with Gasteiger partial charge in [0.15, 0.2) is 0 Å². The largest absolute Gasteiger partial charge is 0.459 e. The molecule has 0 aromatic heterocycles. The van der Waals surface area contributed by atoms with E-state index in [1.54, 1.807) is 0 Å². The van der Waals surface area contributed by atoms with Gasteiger partial charge in [0, 0.05) is 0 Å². The van der Waals surface area contributed by atoms with Crippen molar-refractivity contribution in [2.75, 3.05) is 0 Å². The first-order chi connectivity index (χ1) is 6.52. The highest BCUT2D eigenvalue weighted by molar-refractivity contribution is 5.85. The maximum absolute atomic E-state index is 12.8. The Labute approximate surface area is 92.6 Å². The molecule has 9 heteroatoms. The van der Waals surface area contributed by atoms with Crippen molar-refractivity contribution in [3.63, 3.8) is 0 Å². The number of alkyl halides is 7. The third-order valence-electron chi connectivity index (χ3n) is 2.32. The van der Waals surface area contributed by atoms with Gasteiger partial charge < -0.3 is 5.73 Å². The molecule has 2 N–H and O–H groups in total. The summed E-state index contributed by atoms with van der Waals surface area (Å²) in [6, 6.07) is -2.45. The SMILES string of the molecule is Cl.N[C@H](C1CC1)C(F)(F)C(F)(F)C(F)(F)F. The van der Waals surface area contributed by atoms with Gasteiger partial charge in [-0.25, -0.2) is 0 Å². The first kappa shape index (κ1) is 15.8. The topological polar surface area (TPSA) is 26.0 Å². The van der Waals surface area contributed by atoms with Crippen LogP contribution in [-0.4, -0.2) is 24.1 Å². The molecule has 1 nitrogen and oxygen atoms in total. The summed E-state index contributed by atoms with van der Waals surface area (Å²) in [5.74, 6) is -12.3. The van der Waals surface area contributed by atoms with Crippen molar-refractivity contribution in [1.29, 1.82) is 0 Å². The molecule has 1 saturated carbocycles. The molecule has 98 valence electrons. The van der Waals surface area contributed by atoms with Gasteiger partial charge in [0.2, 0.25) is 0 Å². The number of nitrogens with two attached hydrogens (primary N) is 1. The zero-order valence-corrected chi connectivity index (χ0v) is 8.52. The molecule has 1 aliphatic carbocycles. The second kappa shape index (κ2) is 4.21. The molecule has 1 fully saturated rings. The van der Waals surface area contributed by atoms with Crippen LogP contribution in [0.1, 0.15) is 12.8 Å². The summed E-state index contributed by atoms with van der Waals surface area (Å²) in [6.45, 7) is 0. The Bertz CT molecular complexity index is 248. The summed E-state index contributed by atoms with van der Waals surface area (Å²) in [7, 11) is 0. The summed E-state index contributed by atoms with van der Waals surface area (Å²) in [5.41, 5.74) is 4.71. The normalized spacial score (nSPS) is 20.2. The molecule has 0 unspecified atom stereocenters. The summed E-state index contributed by atoms with van der Waals surface area (Å²) in [5, 5.41) is 0. The molecule has 0 aliphatic heterocycles.